The minimum absolute atomic E-state index is 0.159. The van der Waals surface area contributed by atoms with Gasteiger partial charge in [-0.25, -0.2) is 13.6 Å². The van der Waals surface area contributed by atoms with Crippen LogP contribution in [-0.2, 0) is 21.2 Å². The van der Waals surface area contributed by atoms with Gasteiger partial charge in [-0.3, -0.25) is 4.79 Å². The first-order chi connectivity index (χ1) is 7.38. The lowest BCUT2D eigenvalue weighted by Gasteiger charge is -2.10. The molecule has 0 aliphatic carbocycles. The summed E-state index contributed by atoms with van der Waals surface area (Å²) in [7, 11) is -3.77. The molecule has 0 aromatic heterocycles. The van der Waals surface area contributed by atoms with E-state index in [-0.39, 0.29) is 6.42 Å². The highest BCUT2D eigenvalue weighted by Crippen LogP contribution is 2.10. The second-order valence-electron chi connectivity index (χ2n) is 3.55. The molecule has 0 bridgehead atoms. The molecule has 0 radical (unpaired) electrons. The van der Waals surface area contributed by atoms with Crippen molar-refractivity contribution in [1.82, 2.24) is 0 Å². The van der Waals surface area contributed by atoms with E-state index in [1.165, 1.54) is 0 Å². The van der Waals surface area contributed by atoms with Crippen LogP contribution in [0.4, 0.5) is 0 Å². The van der Waals surface area contributed by atoms with Crippen molar-refractivity contribution in [2.45, 2.75) is 6.42 Å². The molecule has 88 valence electrons. The third kappa shape index (κ3) is 4.41. The summed E-state index contributed by atoms with van der Waals surface area (Å²) in [6.45, 7) is 0. The van der Waals surface area contributed by atoms with Gasteiger partial charge in [-0.1, -0.05) is 30.3 Å². The summed E-state index contributed by atoms with van der Waals surface area (Å²) in [4.78, 5) is 10.9. The standard InChI is InChI=1S/C10H13NO4S/c11-16(14,15)7-9(10(12)13)6-8-4-2-1-3-5-8/h1-5,9H,6-7H2,(H,12,13)(H2,11,14,15). The Balaban J connectivity index is 2.77. The summed E-state index contributed by atoms with van der Waals surface area (Å²) in [6.07, 6.45) is 0.159. The van der Waals surface area contributed by atoms with Crippen molar-refractivity contribution >= 4 is 16.0 Å². The molecule has 6 heteroatoms. The summed E-state index contributed by atoms with van der Waals surface area (Å²) in [5.41, 5.74) is 0.776. The molecule has 0 amide bonds. The Bertz CT molecular complexity index is 455. The maximum Gasteiger partial charge on any atom is 0.307 e. The van der Waals surface area contributed by atoms with E-state index in [0.717, 1.165) is 5.56 Å². The zero-order chi connectivity index (χ0) is 12.2. The molecule has 1 aromatic rings. The van der Waals surface area contributed by atoms with Crippen LogP contribution in [-0.4, -0.2) is 25.2 Å². The van der Waals surface area contributed by atoms with Crippen LogP contribution < -0.4 is 5.14 Å². The normalized spacial score (nSPS) is 13.3. The predicted octanol–water partition coefficient (Wildman–Crippen LogP) is 0.218. The van der Waals surface area contributed by atoms with Crippen LogP contribution >= 0.6 is 0 Å². The SMILES string of the molecule is NS(=O)(=O)CC(Cc1ccccc1)C(=O)O. The van der Waals surface area contributed by atoms with E-state index < -0.39 is 27.7 Å². The van der Waals surface area contributed by atoms with Gasteiger partial charge in [0.15, 0.2) is 0 Å². The zero-order valence-electron chi connectivity index (χ0n) is 8.54. The average molecular weight is 243 g/mol. The van der Waals surface area contributed by atoms with Gasteiger partial charge in [-0.2, -0.15) is 0 Å². The highest BCUT2D eigenvalue weighted by molar-refractivity contribution is 7.89. The fourth-order valence-electron chi connectivity index (χ4n) is 1.40. The predicted molar refractivity (Wildman–Crippen MR) is 59.2 cm³/mol. The smallest absolute Gasteiger partial charge is 0.307 e. The van der Waals surface area contributed by atoms with Crippen LogP contribution in [0.1, 0.15) is 5.56 Å². The molecule has 0 spiro atoms. The molecule has 3 N–H and O–H groups in total. The van der Waals surface area contributed by atoms with Gasteiger partial charge in [-0.15, -0.1) is 0 Å². The van der Waals surface area contributed by atoms with Crippen LogP contribution in [0.2, 0.25) is 0 Å². The largest absolute Gasteiger partial charge is 0.481 e. The molecule has 0 heterocycles. The van der Waals surface area contributed by atoms with Crippen LogP contribution in [0.25, 0.3) is 0 Å². The van der Waals surface area contributed by atoms with Crippen molar-refractivity contribution in [2.75, 3.05) is 5.75 Å². The minimum atomic E-state index is -3.77. The maximum absolute atomic E-state index is 10.9. The molecule has 0 saturated carbocycles. The van der Waals surface area contributed by atoms with E-state index in [0.29, 0.717) is 0 Å². The molecule has 0 aliphatic heterocycles. The van der Waals surface area contributed by atoms with Gasteiger partial charge >= 0.3 is 5.97 Å². The summed E-state index contributed by atoms with van der Waals surface area (Å²) in [5.74, 6) is -2.70. The minimum Gasteiger partial charge on any atom is -0.481 e. The molecular formula is C10H13NO4S. The monoisotopic (exact) mass is 243 g/mol. The first-order valence-corrected chi connectivity index (χ1v) is 6.37. The van der Waals surface area contributed by atoms with Crippen molar-refractivity contribution in [2.24, 2.45) is 11.1 Å². The molecular weight excluding hydrogens is 230 g/mol. The van der Waals surface area contributed by atoms with E-state index in [1.807, 2.05) is 0 Å². The number of hydrogen-bond acceptors (Lipinski definition) is 3. The Hall–Kier alpha value is -1.40. The Kier molecular flexibility index (Phi) is 4.03. The fourth-order valence-corrected chi connectivity index (χ4v) is 2.22. The van der Waals surface area contributed by atoms with Gasteiger partial charge in [-0.05, 0) is 12.0 Å². The van der Waals surface area contributed by atoms with Crippen LogP contribution in [0.3, 0.4) is 0 Å². The Morgan fingerprint density at radius 1 is 1.31 bits per heavy atom. The van der Waals surface area contributed by atoms with E-state index in [2.05, 4.69) is 0 Å². The number of primary sulfonamides is 1. The lowest BCUT2D eigenvalue weighted by molar-refractivity contribution is -0.140. The quantitative estimate of drug-likeness (QED) is 0.772. The van der Waals surface area contributed by atoms with Gasteiger partial charge in [0.05, 0.1) is 11.7 Å². The molecule has 0 aliphatic rings. The number of carbonyl (C=O) groups is 1. The van der Waals surface area contributed by atoms with E-state index >= 15 is 0 Å². The second-order valence-corrected chi connectivity index (χ2v) is 5.21. The molecule has 1 aromatic carbocycles. The van der Waals surface area contributed by atoms with Crippen molar-refractivity contribution in [3.8, 4) is 0 Å². The van der Waals surface area contributed by atoms with Gasteiger partial charge in [0.25, 0.3) is 0 Å². The van der Waals surface area contributed by atoms with Crippen molar-refractivity contribution in [3.05, 3.63) is 35.9 Å². The highest BCUT2D eigenvalue weighted by atomic mass is 32.2. The van der Waals surface area contributed by atoms with Gasteiger partial charge in [0, 0.05) is 0 Å². The van der Waals surface area contributed by atoms with Crippen LogP contribution in [0.5, 0.6) is 0 Å². The molecule has 0 saturated heterocycles. The van der Waals surface area contributed by atoms with Crippen molar-refractivity contribution < 1.29 is 18.3 Å². The third-order valence-electron chi connectivity index (χ3n) is 2.11. The molecule has 1 atom stereocenters. The van der Waals surface area contributed by atoms with Crippen LogP contribution in [0.15, 0.2) is 30.3 Å². The number of carboxylic acids is 1. The number of rotatable bonds is 5. The third-order valence-corrected chi connectivity index (χ3v) is 2.97. The van der Waals surface area contributed by atoms with Crippen LogP contribution in [0, 0.1) is 5.92 Å². The average Bonchev–Trinajstić information content (AvgIpc) is 2.16. The number of hydrogen-bond donors (Lipinski definition) is 2. The number of aliphatic carboxylic acids is 1. The first-order valence-electron chi connectivity index (χ1n) is 4.65. The van der Waals surface area contributed by atoms with Gasteiger partial charge in [0.1, 0.15) is 0 Å². The zero-order valence-corrected chi connectivity index (χ0v) is 9.35. The number of benzene rings is 1. The molecule has 0 fully saturated rings. The van der Waals surface area contributed by atoms with Crippen molar-refractivity contribution in [1.29, 1.82) is 0 Å². The van der Waals surface area contributed by atoms with E-state index in [9.17, 15) is 13.2 Å². The highest BCUT2D eigenvalue weighted by Gasteiger charge is 2.23. The van der Waals surface area contributed by atoms with Crippen molar-refractivity contribution in [3.63, 3.8) is 0 Å². The molecule has 5 nitrogen and oxygen atoms in total. The maximum atomic E-state index is 10.9. The summed E-state index contributed by atoms with van der Waals surface area (Å²) in [6, 6.07) is 8.84. The Labute approximate surface area is 93.9 Å². The Morgan fingerprint density at radius 2 is 1.88 bits per heavy atom. The number of nitrogens with two attached hydrogens (primary N) is 1. The summed E-state index contributed by atoms with van der Waals surface area (Å²) in [5, 5.41) is 13.7. The summed E-state index contributed by atoms with van der Waals surface area (Å²) < 4.78 is 21.7. The van der Waals surface area contributed by atoms with Gasteiger partial charge < -0.3 is 5.11 Å². The van der Waals surface area contributed by atoms with E-state index in [4.69, 9.17) is 10.2 Å². The Morgan fingerprint density at radius 3 is 2.31 bits per heavy atom. The van der Waals surface area contributed by atoms with E-state index in [1.54, 1.807) is 30.3 Å². The number of carboxylic acid groups (broad SMARTS) is 1. The molecule has 1 unspecified atom stereocenters. The second kappa shape index (κ2) is 5.09. The summed E-state index contributed by atoms with van der Waals surface area (Å²) >= 11 is 0. The lowest BCUT2D eigenvalue weighted by atomic mass is 10.0. The molecule has 16 heavy (non-hydrogen) atoms. The number of sulfonamides is 1. The lowest BCUT2D eigenvalue weighted by Crippen LogP contribution is -2.29. The van der Waals surface area contributed by atoms with Gasteiger partial charge in [0.2, 0.25) is 10.0 Å². The fraction of sp³-hybridized carbons (Fsp3) is 0.300. The molecule has 1 rings (SSSR count). The first kappa shape index (κ1) is 12.7. The topological polar surface area (TPSA) is 97.5 Å².